The van der Waals surface area contributed by atoms with Gasteiger partial charge in [0.1, 0.15) is 5.82 Å². The van der Waals surface area contributed by atoms with Gasteiger partial charge in [-0.15, -0.1) is 0 Å². The molecule has 0 aliphatic carbocycles. The Labute approximate surface area is 123 Å². The molecule has 1 aromatic rings. The van der Waals surface area contributed by atoms with Crippen molar-refractivity contribution in [2.45, 2.75) is 39.7 Å². The number of carbonyl (C=O) groups excluding carboxylic acids is 1. The molecule has 0 aliphatic heterocycles. The Morgan fingerprint density at radius 3 is 2.47 bits per heavy atom. The molecule has 0 heterocycles. The lowest BCUT2D eigenvalue weighted by molar-refractivity contribution is 0.0682. The fraction of sp³-hybridized carbons (Fsp3) is 0.533. The number of aryl methyl sites for hydroxylation is 1. The van der Waals surface area contributed by atoms with Crippen LogP contribution in [0, 0.1) is 12.7 Å². The van der Waals surface area contributed by atoms with Crippen LogP contribution >= 0.6 is 15.9 Å². The van der Waals surface area contributed by atoms with Gasteiger partial charge in [0.2, 0.25) is 0 Å². The zero-order valence-electron chi connectivity index (χ0n) is 11.7. The molecule has 0 aliphatic rings. The van der Waals surface area contributed by atoms with Crippen molar-refractivity contribution in [3.05, 3.63) is 35.1 Å². The molecule has 1 aromatic carbocycles. The molecule has 0 spiro atoms. The molecule has 0 radical (unpaired) electrons. The molecule has 1 amide bonds. The lowest BCUT2D eigenvalue weighted by Gasteiger charge is -2.30. The minimum atomic E-state index is -0.302. The van der Waals surface area contributed by atoms with Crippen molar-refractivity contribution in [1.82, 2.24) is 4.90 Å². The number of amides is 1. The average molecular weight is 330 g/mol. The van der Waals surface area contributed by atoms with E-state index in [0.29, 0.717) is 17.7 Å². The van der Waals surface area contributed by atoms with Crippen LogP contribution in [0.15, 0.2) is 18.2 Å². The first-order chi connectivity index (χ1) is 9.04. The molecule has 0 unspecified atom stereocenters. The van der Waals surface area contributed by atoms with E-state index in [1.165, 1.54) is 12.1 Å². The summed E-state index contributed by atoms with van der Waals surface area (Å²) >= 11 is 3.39. The number of rotatable bonds is 6. The first-order valence-corrected chi connectivity index (χ1v) is 7.80. The molecule has 106 valence electrons. The van der Waals surface area contributed by atoms with E-state index in [4.69, 9.17) is 0 Å². The highest BCUT2D eigenvalue weighted by atomic mass is 79.9. The summed E-state index contributed by atoms with van der Waals surface area (Å²) in [6.45, 7) is 6.61. The van der Waals surface area contributed by atoms with E-state index in [9.17, 15) is 9.18 Å². The number of nitrogens with zero attached hydrogens (tertiary/aromatic N) is 1. The largest absolute Gasteiger partial charge is 0.335 e. The van der Waals surface area contributed by atoms with E-state index in [1.54, 1.807) is 13.0 Å². The molecule has 1 rings (SSSR count). The molecule has 19 heavy (non-hydrogen) atoms. The zero-order valence-corrected chi connectivity index (χ0v) is 13.3. The molecule has 0 saturated heterocycles. The number of alkyl halides is 1. The van der Waals surface area contributed by atoms with Crippen LogP contribution in [-0.4, -0.2) is 28.7 Å². The Balaban J connectivity index is 3.04. The molecule has 0 atom stereocenters. The number of hydrogen-bond donors (Lipinski definition) is 0. The first-order valence-electron chi connectivity index (χ1n) is 6.68. The van der Waals surface area contributed by atoms with Gasteiger partial charge >= 0.3 is 0 Å². The van der Waals surface area contributed by atoms with Crippen LogP contribution in [0.3, 0.4) is 0 Å². The van der Waals surface area contributed by atoms with Gasteiger partial charge in [-0.1, -0.05) is 29.8 Å². The van der Waals surface area contributed by atoms with Crippen molar-refractivity contribution < 1.29 is 9.18 Å². The second-order valence-electron chi connectivity index (χ2n) is 4.62. The van der Waals surface area contributed by atoms with Crippen molar-refractivity contribution in [3.63, 3.8) is 0 Å². The summed E-state index contributed by atoms with van der Waals surface area (Å²) in [6, 6.07) is 4.57. The van der Waals surface area contributed by atoms with E-state index >= 15 is 0 Å². The molecule has 2 nitrogen and oxygen atoms in total. The summed E-state index contributed by atoms with van der Waals surface area (Å²) in [5, 5.41) is 0.746. The summed E-state index contributed by atoms with van der Waals surface area (Å²) in [4.78, 5) is 14.5. The van der Waals surface area contributed by atoms with Crippen LogP contribution < -0.4 is 0 Å². The summed E-state index contributed by atoms with van der Waals surface area (Å²) in [5.41, 5.74) is 1.28. The normalized spacial score (nSPS) is 10.8. The number of carbonyl (C=O) groups is 1. The molecule has 0 bridgehead atoms. The van der Waals surface area contributed by atoms with Crippen LogP contribution in [0.25, 0.3) is 0 Å². The van der Waals surface area contributed by atoms with Crippen LogP contribution in [0.1, 0.15) is 42.6 Å². The molecule has 0 aromatic heterocycles. The van der Waals surface area contributed by atoms with E-state index in [-0.39, 0.29) is 17.8 Å². The zero-order chi connectivity index (χ0) is 14.4. The maximum absolute atomic E-state index is 13.1. The number of hydrogen-bond acceptors (Lipinski definition) is 1. The fourth-order valence-electron chi connectivity index (χ4n) is 2.29. The Hall–Kier alpha value is -0.900. The van der Waals surface area contributed by atoms with Gasteiger partial charge in [-0.05, 0) is 43.5 Å². The maximum Gasteiger partial charge on any atom is 0.254 e. The van der Waals surface area contributed by atoms with E-state index in [0.717, 1.165) is 18.2 Å². The van der Waals surface area contributed by atoms with E-state index in [1.807, 2.05) is 4.90 Å². The fourth-order valence-corrected chi connectivity index (χ4v) is 2.67. The molecule has 0 saturated carbocycles. The van der Waals surface area contributed by atoms with Crippen molar-refractivity contribution >= 4 is 21.8 Å². The smallest absolute Gasteiger partial charge is 0.254 e. The van der Waals surface area contributed by atoms with Crippen LogP contribution in [0.2, 0.25) is 0 Å². The predicted molar refractivity (Wildman–Crippen MR) is 80.3 cm³/mol. The van der Waals surface area contributed by atoms with Crippen molar-refractivity contribution in [3.8, 4) is 0 Å². The molecule has 0 N–H and O–H groups in total. The second-order valence-corrected chi connectivity index (χ2v) is 5.41. The highest BCUT2D eigenvalue weighted by Crippen LogP contribution is 2.17. The summed E-state index contributed by atoms with van der Waals surface area (Å²) in [7, 11) is 0. The third-order valence-corrected chi connectivity index (χ3v) is 3.74. The summed E-state index contributed by atoms with van der Waals surface area (Å²) < 4.78 is 13.1. The highest BCUT2D eigenvalue weighted by molar-refractivity contribution is 9.09. The SMILES string of the molecule is CCC(CC)N(CCBr)C(=O)c1ccc(F)cc1C. The Morgan fingerprint density at radius 2 is 2.00 bits per heavy atom. The van der Waals surface area contributed by atoms with Gasteiger partial charge in [-0.2, -0.15) is 0 Å². The van der Waals surface area contributed by atoms with Gasteiger partial charge in [0.05, 0.1) is 0 Å². The molecular formula is C15H21BrFNO. The van der Waals surface area contributed by atoms with Crippen LogP contribution in [0.4, 0.5) is 4.39 Å². The highest BCUT2D eigenvalue weighted by Gasteiger charge is 2.23. The Kier molecular flexibility index (Phi) is 6.49. The second kappa shape index (κ2) is 7.63. The summed E-state index contributed by atoms with van der Waals surface area (Å²) in [5.74, 6) is -0.311. The lowest BCUT2D eigenvalue weighted by Crippen LogP contribution is -2.41. The van der Waals surface area contributed by atoms with Gasteiger partial charge in [0, 0.05) is 23.5 Å². The molecule has 4 heteroatoms. The van der Waals surface area contributed by atoms with Gasteiger partial charge in [-0.3, -0.25) is 4.79 Å². The van der Waals surface area contributed by atoms with Gasteiger partial charge in [-0.25, -0.2) is 4.39 Å². The van der Waals surface area contributed by atoms with Gasteiger partial charge in [0.25, 0.3) is 5.91 Å². The minimum Gasteiger partial charge on any atom is -0.335 e. The first kappa shape index (κ1) is 16.2. The monoisotopic (exact) mass is 329 g/mol. The van der Waals surface area contributed by atoms with Gasteiger partial charge < -0.3 is 4.90 Å². The maximum atomic E-state index is 13.1. The average Bonchev–Trinajstić information content (AvgIpc) is 2.38. The minimum absolute atomic E-state index is 0.00866. The van der Waals surface area contributed by atoms with Crippen molar-refractivity contribution in [1.29, 1.82) is 0 Å². The quantitative estimate of drug-likeness (QED) is 0.717. The van der Waals surface area contributed by atoms with E-state index < -0.39 is 0 Å². The standard InChI is InChI=1S/C15H21BrFNO/c1-4-13(5-2)18(9-8-16)15(19)14-7-6-12(17)10-11(14)3/h6-7,10,13H,4-5,8-9H2,1-3H3. The number of halogens is 2. The van der Waals surface area contributed by atoms with Crippen molar-refractivity contribution in [2.24, 2.45) is 0 Å². The molecular weight excluding hydrogens is 309 g/mol. The third kappa shape index (κ3) is 4.03. The lowest BCUT2D eigenvalue weighted by atomic mass is 10.0. The van der Waals surface area contributed by atoms with Gasteiger partial charge in [0.15, 0.2) is 0 Å². The summed E-state index contributed by atoms with van der Waals surface area (Å²) in [6.07, 6.45) is 1.85. The van der Waals surface area contributed by atoms with Crippen LogP contribution in [0.5, 0.6) is 0 Å². The Morgan fingerprint density at radius 1 is 1.37 bits per heavy atom. The third-order valence-electron chi connectivity index (χ3n) is 3.39. The number of benzene rings is 1. The topological polar surface area (TPSA) is 20.3 Å². The Bertz CT molecular complexity index is 432. The van der Waals surface area contributed by atoms with Crippen LogP contribution in [-0.2, 0) is 0 Å². The van der Waals surface area contributed by atoms with Crippen molar-refractivity contribution in [2.75, 3.05) is 11.9 Å². The molecule has 0 fully saturated rings. The van der Waals surface area contributed by atoms with E-state index in [2.05, 4.69) is 29.8 Å². The predicted octanol–water partition coefficient (Wildman–Crippen LogP) is 4.16.